The van der Waals surface area contributed by atoms with Crippen LogP contribution in [0.25, 0.3) is 0 Å². The fraction of sp³-hybridized carbons (Fsp3) is 0.571. The molecule has 3 nitrogen and oxygen atoms in total. The summed E-state index contributed by atoms with van der Waals surface area (Å²) in [5.41, 5.74) is 6.94. The van der Waals surface area contributed by atoms with Crippen molar-refractivity contribution < 1.29 is 4.74 Å². The molecule has 0 aliphatic carbocycles. The molecular formula is C14H24N2O. The molecule has 0 aromatic heterocycles. The predicted molar refractivity (Wildman–Crippen MR) is 73.6 cm³/mol. The van der Waals surface area contributed by atoms with E-state index < -0.39 is 0 Å². The smallest absolute Gasteiger partial charge is 0.141 e. The van der Waals surface area contributed by atoms with Gasteiger partial charge in [-0.1, -0.05) is 32.4 Å². The molecule has 1 unspecified atom stereocenters. The fourth-order valence-electron chi connectivity index (χ4n) is 2.14. The minimum absolute atomic E-state index is 0.0244. The third-order valence-corrected chi connectivity index (χ3v) is 3.30. The molecule has 1 aromatic rings. The zero-order valence-corrected chi connectivity index (χ0v) is 11.1. The highest BCUT2D eigenvalue weighted by molar-refractivity contribution is 5.57. The standard InChI is InChI=1S/C14H24N2O/c1-4-10-14(5-2,11-15)16-12-8-6-7-9-13(12)17-3/h6-9,16H,4-5,10-11,15H2,1-3H3. The van der Waals surface area contributed by atoms with E-state index in [9.17, 15) is 0 Å². The maximum absolute atomic E-state index is 5.94. The highest BCUT2D eigenvalue weighted by Crippen LogP contribution is 2.29. The second-order valence-corrected chi connectivity index (χ2v) is 4.41. The molecular weight excluding hydrogens is 212 g/mol. The Morgan fingerprint density at radius 2 is 2.00 bits per heavy atom. The molecule has 0 fully saturated rings. The van der Waals surface area contributed by atoms with Crippen LogP contribution in [-0.2, 0) is 0 Å². The van der Waals surface area contributed by atoms with Crippen LogP contribution in [0, 0.1) is 0 Å². The van der Waals surface area contributed by atoms with Crippen LogP contribution >= 0.6 is 0 Å². The molecule has 0 saturated carbocycles. The van der Waals surface area contributed by atoms with Gasteiger partial charge in [-0.2, -0.15) is 0 Å². The van der Waals surface area contributed by atoms with Gasteiger partial charge in [-0.3, -0.25) is 0 Å². The number of para-hydroxylation sites is 2. The Hall–Kier alpha value is -1.22. The van der Waals surface area contributed by atoms with Gasteiger partial charge in [-0.05, 0) is 25.0 Å². The molecule has 96 valence electrons. The monoisotopic (exact) mass is 236 g/mol. The summed E-state index contributed by atoms with van der Waals surface area (Å²) in [5, 5.41) is 3.56. The summed E-state index contributed by atoms with van der Waals surface area (Å²) in [6.45, 7) is 4.99. The van der Waals surface area contributed by atoms with Gasteiger partial charge in [0.25, 0.3) is 0 Å². The average molecular weight is 236 g/mol. The fourth-order valence-corrected chi connectivity index (χ4v) is 2.14. The van der Waals surface area contributed by atoms with E-state index in [4.69, 9.17) is 10.5 Å². The highest BCUT2D eigenvalue weighted by Gasteiger charge is 2.25. The van der Waals surface area contributed by atoms with Crippen LogP contribution in [0.2, 0.25) is 0 Å². The van der Waals surface area contributed by atoms with Gasteiger partial charge in [-0.15, -0.1) is 0 Å². The molecule has 3 N–H and O–H groups in total. The molecule has 0 amide bonds. The first-order valence-electron chi connectivity index (χ1n) is 6.32. The molecule has 3 heteroatoms. The van der Waals surface area contributed by atoms with Gasteiger partial charge in [0.2, 0.25) is 0 Å². The van der Waals surface area contributed by atoms with E-state index in [1.807, 2.05) is 24.3 Å². The van der Waals surface area contributed by atoms with Crippen molar-refractivity contribution in [1.82, 2.24) is 0 Å². The van der Waals surface area contributed by atoms with Gasteiger partial charge in [0.1, 0.15) is 5.75 Å². The van der Waals surface area contributed by atoms with E-state index in [2.05, 4.69) is 19.2 Å². The summed E-state index contributed by atoms with van der Waals surface area (Å²) in [6, 6.07) is 7.98. The SMILES string of the molecule is CCCC(CC)(CN)Nc1ccccc1OC. The van der Waals surface area contributed by atoms with Gasteiger partial charge < -0.3 is 15.8 Å². The summed E-state index contributed by atoms with van der Waals surface area (Å²) in [6.07, 6.45) is 3.20. The van der Waals surface area contributed by atoms with Crippen LogP contribution in [0.4, 0.5) is 5.69 Å². The van der Waals surface area contributed by atoms with Gasteiger partial charge in [0, 0.05) is 12.1 Å². The summed E-state index contributed by atoms with van der Waals surface area (Å²) in [4.78, 5) is 0. The van der Waals surface area contributed by atoms with Crippen LogP contribution in [0.15, 0.2) is 24.3 Å². The molecule has 0 aliphatic rings. The number of nitrogens with two attached hydrogens (primary N) is 1. The van der Waals surface area contributed by atoms with E-state index in [0.717, 1.165) is 30.7 Å². The first-order valence-corrected chi connectivity index (χ1v) is 6.32. The van der Waals surface area contributed by atoms with Crippen LogP contribution in [0.1, 0.15) is 33.1 Å². The van der Waals surface area contributed by atoms with Crippen molar-refractivity contribution in [2.24, 2.45) is 5.73 Å². The number of nitrogens with one attached hydrogen (secondary N) is 1. The lowest BCUT2D eigenvalue weighted by Crippen LogP contribution is -2.44. The number of ether oxygens (including phenoxy) is 1. The van der Waals surface area contributed by atoms with Crippen molar-refractivity contribution in [3.63, 3.8) is 0 Å². The maximum atomic E-state index is 5.94. The van der Waals surface area contributed by atoms with Crippen LogP contribution in [0.5, 0.6) is 5.75 Å². The van der Waals surface area contributed by atoms with E-state index >= 15 is 0 Å². The molecule has 0 heterocycles. The quantitative estimate of drug-likeness (QED) is 0.765. The average Bonchev–Trinajstić information content (AvgIpc) is 2.38. The topological polar surface area (TPSA) is 47.3 Å². The van der Waals surface area contributed by atoms with E-state index in [0.29, 0.717) is 6.54 Å². The lowest BCUT2D eigenvalue weighted by atomic mass is 9.90. The lowest BCUT2D eigenvalue weighted by molar-refractivity contribution is 0.401. The predicted octanol–water partition coefficient (Wildman–Crippen LogP) is 3.01. The summed E-state index contributed by atoms with van der Waals surface area (Å²) in [7, 11) is 1.69. The third-order valence-electron chi connectivity index (χ3n) is 3.30. The highest BCUT2D eigenvalue weighted by atomic mass is 16.5. The summed E-state index contributed by atoms with van der Waals surface area (Å²) in [5.74, 6) is 0.870. The van der Waals surface area contributed by atoms with Crippen molar-refractivity contribution in [1.29, 1.82) is 0 Å². The number of anilines is 1. The van der Waals surface area contributed by atoms with Gasteiger partial charge >= 0.3 is 0 Å². The summed E-state index contributed by atoms with van der Waals surface area (Å²) >= 11 is 0. The van der Waals surface area contributed by atoms with Gasteiger partial charge in [0.15, 0.2) is 0 Å². The first-order chi connectivity index (χ1) is 8.21. The Morgan fingerprint density at radius 3 is 2.53 bits per heavy atom. The largest absolute Gasteiger partial charge is 0.495 e. The Labute approximate surface area is 104 Å². The minimum atomic E-state index is -0.0244. The van der Waals surface area contributed by atoms with E-state index in [-0.39, 0.29) is 5.54 Å². The molecule has 0 spiro atoms. The van der Waals surface area contributed by atoms with E-state index in [1.54, 1.807) is 7.11 Å². The Morgan fingerprint density at radius 1 is 1.29 bits per heavy atom. The molecule has 0 radical (unpaired) electrons. The number of methoxy groups -OCH3 is 1. The maximum Gasteiger partial charge on any atom is 0.141 e. The normalized spacial score (nSPS) is 14.1. The van der Waals surface area contributed by atoms with Crippen molar-refractivity contribution in [2.45, 2.75) is 38.6 Å². The molecule has 0 aliphatic heterocycles. The molecule has 0 saturated heterocycles. The second kappa shape index (κ2) is 6.50. The first kappa shape index (κ1) is 13.8. The molecule has 1 rings (SSSR count). The number of benzene rings is 1. The molecule has 1 atom stereocenters. The van der Waals surface area contributed by atoms with Crippen molar-refractivity contribution in [3.8, 4) is 5.75 Å². The van der Waals surface area contributed by atoms with Crippen molar-refractivity contribution >= 4 is 5.69 Å². The number of hydrogen-bond donors (Lipinski definition) is 2. The Bertz CT molecular complexity index is 335. The Balaban J connectivity index is 2.92. The zero-order valence-electron chi connectivity index (χ0n) is 11.1. The van der Waals surface area contributed by atoms with Crippen molar-refractivity contribution in [2.75, 3.05) is 19.0 Å². The second-order valence-electron chi connectivity index (χ2n) is 4.41. The molecule has 1 aromatic carbocycles. The van der Waals surface area contributed by atoms with Crippen molar-refractivity contribution in [3.05, 3.63) is 24.3 Å². The lowest BCUT2D eigenvalue weighted by Gasteiger charge is -2.34. The van der Waals surface area contributed by atoms with Gasteiger partial charge in [-0.25, -0.2) is 0 Å². The van der Waals surface area contributed by atoms with Gasteiger partial charge in [0.05, 0.1) is 12.8 Å². The number of rotatable bonds is 7. The summed E-state index contributed by atoms with van der Waals surface area (Å²) < 4.78 is 5.36. The van der Waals surface area contributed by atoms with Crippen LogP contribution in [-0.4, -0.2) is 19.2 Å². The zero-order chi connectivity index (χ0) is 12.7. The van der Waals surface area contributed by atoms with Crippen LogP contribution in [0.3, 0.4) is 0 Å². The van der Waals surface area contributed by atoms with Crippen LogP contribution < -0.4 is 15.8 Å². The Kier molecular flexibility index (Phi) is 5.29. The number of hydrogen-bond acceptors (Lipinski definition) is 3. The molecule has 17 heavy (non-hydrogen) atoms. The minimum Gasteiger partial charge on any atom is -0.495 e. The van der Waals surface area contributed by atoms with E-state index in [1.165, 1.54) is 0 Å². The molecule has 0 bridgehead atoms. The third kappa shape index (κ3) is 3.37.